The Morgan fingerprint density at radius 1 is 1.22 bits per heavy atom. The van der Waals surface area contributed by atoms with Crippen LogP contribution in [0.1, 0.15) is 12.0 Å². The minimum atomic E-state index is -1.17. The summed E-state index contributed by atoms with van der Waals surface area (Å²) in [6, 6.07) is 10.5. The van der Waals surface area contributed by atoms with E-state index in [9.17, 15) is 5.11 Å². The molecule has 0 saturated carbocycles. The highest BCUT2D eigenvalue weighted by Gasteiger charge is 2.21. The van der Waals surface area contributed by atoms with E-state index in [1.165, 1.54) is 22.9 Å². The van der Waals surface area contributed by atoms with Crippen molar-refractivity contribution in [2.24, 2.45) is 0 Å². The van der Waals surface area contributed by atoms with Crippen LogP contribution in [-0.4, -0.2) is 15.9 Å². The van der Waals surface area contributed by atoms with E-state index in [4.69, 9.17) is 11.6 Å². The molecular weight excluding hydrogens is 287 g/mol. The molecule has 18 heavy (non-hydrogen) atoms. The highest BCUT2D eigenvalue weighted by atomic mass is 35.5. The second-order valence-corrected chi connectivity index (χ2v) is 5.89. The molecule has 0 spiro atoms. The van der Waals surface area contributed by atoms with Crippen LogP contribution in [0.15, 0.2) is 54.1 Å². The summed E-state index contributed by atoms with van der Waals surface area (Å²) in [5, 5.41) is 8.36. The molecule has 0 aromatic heterocycles. The van der Waals surface area contributed by atoms with Gasteiger partial charge in [-0.1, -0.05) is 54.1 Å². The van der Waals surface area contributed by atoms with Crippen LogP contribution in [0.25, 0.3) is 0 Å². The van der Waals surface area contributed by atoms with Crippen molar-refractivity contribution in [2.45, 2.75) is 17.2 Å². The summed E-state index contributed by atoms with van der Waals surface area (Å²) in [4.78, 5) is 0. The number of thiol groups is 1. The third-order valence-electron chi connectivity index (χ3n) is 2.63. The molecule has 1 N–H and O–H groups in total. The van der Waals surface area contributed by atoms with Gasteiger partial charge < -0.3 is 17.5 Å². The second-order valence-electron chi connectivity index (χ2n) is 4.16. The van der Waals surface area contributed by atoms with Crippen LogP contribution < -0.4 is 12.4 Å². The third kappa shape index (κ3) is 5.07. The van der Waals surface area contributed by atoms with E-state index < -0.39 is 5.06 Å². The van der Waals surface area contributed by atoms with E-state index >= 15 is 0 Å². The van der Waals surface area contributed by atoms with Crippen molar-refractivity contribution in [1.29, 1.82) is 0 Å². The SMILES string of the molecule is OC1(Cl)C=CC(C[SH+]Cc2ccccc2)=CC1.[Cl-]. The van der Waals surface area contributed by atoms with E-state index in [-0.39, 0.29) is 12.4 Å². The van der Waals surface area contributed by atoms with Crippen molar-refractivity contribution in [3.8, 4) is 0 Å². The van der Waals surface area contributed by atoms with Gasteiger partial charge in [-0.25, -0.2) is 0 Å². The molecule has 1 atom stereocenters. The van der Waals surface area contributed by atoms with E-state index in [2.05, 4.69) is 24.3 Å². The van der Waals surface area contributed by atoms with Crippen LogP contribution in [0.5, 0.6) is 0 Å². The summed E-state index contributed by atoms with van der Waals surface area (Å²) in [7, 11) is 0. The van der Waals surface area contributed by atoms with E-state index in [1.54, 1.807) is 6.08 Å². The first-order chi connectivity index (χ1) is 8.16. The predicted molar refractivity (Wildman–Crippen MR) is 76.4 cm³/mol. The molecule has 1 aliphatic rings. The number of rotatable bonds is 4. The minimum absolute atomic E-state index is 0. The molecule has 1 aliphatic carbocycles. The van der Waals surface area contributed by atoms with Crippen molar-refractivity contribution < 1.29 is 17.5 Å². The number of hydrogen-bond acceptors (Lipinski definition) is 1. The number of allylic oxidation sites excluding steroid dienone is 1. The number of alkyl halides is 1. The Balaban J connectivity index is 0.00000162. The lowest BCUT2D eigenvalue weighted by Crippen LogP contribution is -3.00. The van der Waals surface area contributed by atoms with Crippen LogP contribution >= 0.6 is 11.6 Å². The highest BCUT2D eigenvalue weighted by molar-refractivity contribution is 7.77. The van der Waals surface area contributed by atoms with Crippen LogP contribution in [0, 0.1) is 0 Å². The molecule has 0 fully saturated rings. The molecule has 0 aliphatic heterocycles. The van der Waals surface area contributed by atoms with Gasteiger partial charge in [-0.3, -0.25) is 0 Å². The molecule has 0 amide bonds. The topological polar surface area (TPSA) is 20.2 Å². The molecule has 1 nitrogen and oxygen atoms in total. The summed E-state index contributed by atoms with van der Waals surface area (Å²) in [5.74, 6) is 2.08. The van der Waals surface area contributed by atoms with Gasteiger partial charge in [-0.05, 0) is 23.4 Å². The Labute approximate surface area is 123 Å². The average Bonchev–Trinajstić information content (AvgIpc) is 2.33. The fraction of sp³-hybridized carbons (Fsp3) is 0.286. The normalized spacial score (nSPS) is 22.2. The fourth-order valence-corrected chi connectivity index (χ4v) is 2.87. The summed E-state index contributed by atoms with van der Waals surface area (Å²) in [6.45, 7) is 0. The summed E-state index contributed by atoms with van der Waals surface area (Å²) in [6.07, 6.45) is 6.11. The lowest BCUT2D eigenvalue weighted by molar-refractivity contribution is -0.00000580. The second kappa shape index (κ2) is 7.25. The summed E-state index contributed by atoms with van der Waals surface area (Å²) in [5.41, 5.74) is 2.62. The summed E-state index contributed by atoms with van der Waals surface area (Å²) < 4.78 is 0. The van der Waals surface area contributed by atoms with E-state index in [0.29, 0.717) is 6.42 Å². The van der Waals surface area contributed by atoms with Crippen LogP contribution in [0.2, 0.25) is 0 Å². The first-order valence-electron chi connectivity index (χ1n) is 5.62. The van der Waals surface area contributed by atoms with Gasteiger partial charge in [0.25, 0.3) is 0 Å². The van der Waals surface area contributed by atoms with Crippen molar-refractivity contribution >= 4 is 23.4 Å². The molecule has 98 valence electrons. The molecule has 1 aromatic rings. The maximum Gasteiger partial charge on any atom is 0.161 e. The van der Waals surface area contributed by atoms with Gasteiger partial charge in [-0.15, -0.1) is 0 Å². The van der Waals surface area contributed by atoms with Gasteiger partial charge in [0.15, 0.2) is 5.06 Å². The average molecular weight is 303 g/mol. The Morgan fingerprint density at radius 2 is 1.94 bits per heavy atom. The van der Waals surface area contributed by atoms with Gasteiger partial charge in [0.05, 0.1) is 0 Å². The maximum absolute atomic E-state index is 9.53. The predicted octanol–water partition coefficient (Wildman–Crippen LogP) is -0.181. The zero-order chi connectivity index (χ0) is 12.1. The molecule has 0 heterocycles. The van der Waals surface area contributed by atoms with Crippen LogP contribution in [-0.2, 0) is 17.5 Å². The standard InChI is InChI=1S/C14H15ClOS.ClH/c15-14(16)8-6-13(7-9-14)11-17-10-12-4-2-1-3-5-12;/h1-8,16H,9-11H2;1H. The molecule has 0 saturated heterocycles. The lowest BCUT2D eigenvalue weighted by atomic mass is 10.1. The maximum atomic E-state index is 9.53. The van der Waals surface area contributed by atoms with Gasteiger partial charge in [0.1, 0.15) is 11.5 Å². The lowest BCUT2D eigenvalue weighted by Gasteiger charge is -2.17. The first kappa shape index (κ1) is 15.6. The number of aliphatic hydroxyl groups is 1. The zero-order valence-electron chi connectivity index (χ0n) is 9.89. The molecule has 2 rings (SSSR count). The summed E-state index contributed by atoms with van der Waals surface area (Å²) >= 11 is 7.16. The van der Waals surface area contributed by atoms with Gasteiger partial charge in [-0.2, -0.15) is 0 Å². The largest absolute Gasteiger partial charge is 1.00 e. The number of hydrogen-bond donors (Lipinski definition) is 1. The Hall–Kier alpha value is -0.410. The monoisotopic (exact) mass is 302 g/mol. The molecule has 1 aromatic carbocycles. The van der Waals surface area contributed by atoms with Gasteiger partial charge >= 0.3 is 0 Å². The number of halogens is 2. The third-order valence-corrected chi connectivity index (χ3v) is 4.09. The Kier molecular flexibility index (Phi) is 6.30. The van der Waals surface area contributed by atoms with E-state index in [0.717, 1.165) is 11.5 Å². The quantitative estimate of drug-likeness (QED) is 0.465. The van der Waals surface area contributed by atoms with Crippen molar-refractivity contribution in [1.82, 2.24) is 0 Å². The molecule has 0 radical (unpaired) electrons. The first-order valence-corrected chi connectivity index (χ1v) is 7.27. The van der Waals surface area contributed by atoms with Gasteiger partial charge in [0, 0.05) is 12.0 Å². The molecule has 4 heteroatoms. The van der Waals surface area contributed by atoms with E-state index in [1.807, 2.05) is 18.2 Å². The van der Waals surface area contributed by atoms with Crippen molar-refractivity contribution in [3.05, 3.63) is 59.7 Å². The van der Waals surface area contributed by atoms with Gasteiger partial charge in [0.2, 0.25) is 0 Å². The Bertz CT molecular complexity index is 427. The zero-order valence-corrected chi connectivity index (χ0v) is 12.3. The molecular formula is C14H16Cl2OS. The van der Waals surface area contributed by atoms with Crippen molar-refractivity contribution in [2.75, 3.05) is 5.75 Å². The minimum Gasteiger partial charge on any atom is -1.00 e. The molecule has 1 unspecified atom stereocenters. The van der Waals surface area contributed by atoms with Crippen LogP contribution in [0.4, 0.5) is 0 Å². The van der Waals surface area contributed by atoms with Crippen LogP contribution in [0.3, 0.4) is 0 Å². The Morgan fingerprint density at radius 3 is 2.56 bits per heavy atom. The molecule has 0 bridgehead atoms. The fourth-order valence-electron chi connectivity index (χ4n) is 1.66. The smallest absolute Gasteiger partial charge is 0.161 e. The highest BCUT2D eigenvalue weighted by Crippen LogP contribution is 2.24. The van der Waals surface area contributed by atoms with Crippen molar-refractivity contribution in [3.63, 3.8) is 0 Å². The number of benzene rings is 1.